The fourth-order valence-electron chi connectivity index (χ4n) is 3.82. The Balaban J connectivity index is 1.95. The van der Waals surface area contributed by atoms with E-state index < -0.39 is 53.8 Å². The molecule has 2 aromatic rings. The molecule has 0 bridgehead atoms. The molecule has 5 nitrogen and oxygen atoms in total. The summed E-state index contributed by atoms with van der Waals surface area (Å²) in [4.78, 5) is 26.1. The minimum absolute atomic E-state index is 0.245. The van der Waals surface area contributed by atoms with Gasteiger partial charge in [-0.3, -0.25) is 4.99 Å². The lowest BCUT2D eigenvalue weighted by Gasteiger charge is -2.29. The van der Waals surface area contributed by atoms with Gasteiger partial charge >= 0.3 is 30.0 Å². The number of rotatable bonds is 8. The van der Waals surface area contributed by atoms with Crippen LogP contribution in [0.1, 0.15) is 22.6 Å². The second-order valence-corrected chi connectivity index (χ2v) is 7.66. The molecule has 0 heterocycles. The van der Waals surface area contributed by atoms with Crippen LogP contribution < -0.4 is 0 Å². The largest absolute Gasteiger partial charge is 0.462 e. The summed E-state index contributed by atoms with van der Waals surface area (Å²) in [7, 11) is 0.693. The van der Waals surface area contributed by atoms with Crippen molar-refractivity contribution in [3.63, 3.8) is 0 Å². The predicted molar refractivity (Wildman–Crippen MR) is 114 cm³/mol. The summed E-state index contributed by atoms with van der Waals surface area (Å²) in [6.45, 7) is 2.26. The Morgan fingerprint density at radius 1 is 0.972 bits per heavy atom. The average Bonchev–Trinajstić information content (AvgIpc) is 3.13. The number of benzene rings is 2. The van der Waals surface area contributed by atoms with Gasteiger partial charge in [-0.05, 0) is 28.3 Å². The third-order valence-corrected chi connectivity index (χ3v) is 5.51. The molecular weight excluding hydrogens is 499 g/mol. The minimum Gasteiger partial charge on any atom is -0.462 e. The first-order chi connectivity index (χ1) is 16.8. The number of carbonyl (C=O) groups is 2. The molecule has 36 heavy (non-hydrogen) atoms. The maximum atomic E-state index is 14.4. The van der Waals surface area contributed by atoms with Gasteiger partial charge in [0.25, 0.3) is 0 Å². The van der Waals surface area contributed by atoms with Crippen LogP contribution in [0.2, 0.25) is 0 Å². The number of alkyl halides is 7. The summed E-state index contributed by atoms with van der Waals surface area (Å²) >= 11 is 0. The standard InChI is InChI=1S/C24H18F7NO4/c1-3-19(33)36-12-20(34)35-11-18-15-7-5-4-6-14(15)17-10-13(8-9-16(17)18)21(32-2)22(25,26)23(27,28)24(29,30)31/h3-10,18H,1,11-12H2,2H3. The summed E-state index contributed by atoms with van der Waals surface area (Å²) in [6, 6.07) is 9.79. The monoisotopic (exact) mass is 517 g/mol. The molecule has 192 valence electrons. The lowest BCUT2D eigenvalue weighted by molar-refractivity contribution is -0.336. The number of carbonyl (C=O) groups excluding carboxylic acids is 2. The Morgan fingerprint density at radius 3 is 2.22 bits per heavy atom. The van der Waals surface area contributed by atoms with Crippen LogP contribution in [0.5, 0.6) is 0 Å². The molecule has 0 aromatic heterocycles. The van der Waals surface area contributed by atoms with E-state index in [0.717, 1.165) is 18.2 Å². The van der Waals surface area contributed by atoms with Gasteiger partial charge in [0.15, 0.2) is 6.61 Å². The van der Waals surface area contributed by atoms with Crippen LogP contribution in [0.15, 0.2) is 60.1 Å². The number of halogens is 7. The maximum absolute atomic E-state index is 14.4. The number of hydrogen-bond donors (Lipinski definition) is 0. The van der Waals surface area contributed by atoms with Crippen LogP contribution in [0.3, 0.4) is 0 Å². The van der Waals surface area contributed by atoms with Gasteiger partial charge < -0.3 is 9.47 Å². The first kappa shape index (κ1) is 26.9. The average molecular weight is 517 g/mol. The van der Waals surface area contributed by atoms with Crippen LogP contribution >= 0.6 is 0 Å². The zero-order valence-electron chi connectivity index (χ0n) is 18.5. The summed E-state index contributed by atoms with van der Waals surface area (Å²) in [6.07, 6.45) is -5.65. The first-order valence-electron chi connectivity index (χ1n) is 10.2. The van der Waals surface area contributed by atoms with Gasteiger partial charge in [0, 0.05) is 24.6 Å². The summed E-state index contributed by atoms with van der Waals surface area (Å²) in [5.74, 6) is -14.3. The van der Waals surface area contributed by atoms with Gasteiger partial charge in [0.2, 0.25) is 0 Å². The number of aliphatic imine (C=N–C) groups is 1. The highest BCUT2D eigenvalue weighted by Gasteiger charge is 2.74. The highest BCUT2D eigenvalue weighted by molar-refractivity contribution is 6.07. The highest BCUT2D eigenvalue weighted by Crippen LogP contribution is 2.49. The number of esters is 2. The van der Waals surface area contributed by atoms with Crippen molar-refractivity contribution in [1.29, 1.82) is 0 Å². The first-order valence-corrected chi connectivity index (χ1v) is 10.2. The molecule has 0 amide bonds. The third kappa shape index (κ3) is 4.71. The number of hydrogen-bond acceptors (Lipinski definition) is 5. The molecule has 1 aliphatic carbocycles. The van der Waals surface area contributed by atoms with E-state index in [-0.39, 0.29) is 12.2 Å². The Morgan fingerprint density at radius 2 is 1.61 bits per heavy atom. The normalized spacial score (nSPS) is 15.7. The molecule has 3 rings (SSSR count). The van der Waals surface area contributed by atoms with Crippen molar-refractivity contribution >= 4 is 17.7 Å². The molecule has 0 N–H and O–H groups in total. The topological polar surface area (TPSA) is 65.0 Å². The molecular formula is C24H18F7NO4. The van der Waals surface area contributed by atoms with E-state index in [0.29, 0.717) is 23.7 Å². The van der Waals surface area contributed by atoms with E-state index in [1.807, 2.05) is 0 Å². The van der Waals surface area contributed by atoms with Crippen molar-refractivity contribution in [1.82, 2.24) is 0 Å². The lowest BCUT2D eigenvalue weighted by atomic mass is 9.93. The molecule has 1 atom stereocenters. The summed E-state index contributed by atoms with van der Waals surface area (Å²) in [5, 5.41) is 0. The van der Waals surface area contributed by atoms with Crippen molar-refractivity contribution in [2.24, 2.45) is 4.99 Å². The van der Waals surface area contributed by atoms with Crippen molar-refractivity contribution in [3.05, 3.63) is 71.8 Å². The van der Waals surface area contributed by atoms with E-state index in [4.69, 9.17) is 4.74 Å². The van der Waals surface area contributed by atoms with Crippen LogP contribution in [-0.4, -0.2) is 55.9 Å². The molecule has 1 unspecified atom stereocenters. The number of ether oxygens (including phenoxy) is 2. The molecule has 2 aromatic carbocycles. The van der Waals surface area contributed by atoms with Gasteiger partial charge in [0.1, 0.15) is 12.3 Å². The van der Waals surface area contributed by atoms with E-state index >= 15 is 0 Å². The molecule has 12 heteroatoms. The zero-order chi connectivity index (χ0) is 26.9. The molecule has 0 spiro atoms. The Kier molecular flexibility index (Phi) is 7.28. The van der Waals surface area contributed by atoms with Crippen molar-refractivity contribution < 1.29 is 49.8 Å². The number of nitrogens with zero attached hydrogens (tertiary/aromatic N) is 1. The van der Waals surface area contributed by atoms with Gasteiger partial charge in [-0.1, -0.05) is 43.0 Å². The third-order valence-electron chi connectivity index (χ3n) is 5.51. The molecule has 0 radical (unpaired) electrons. The number of fused-ring (bicyclic) bond motifs is 3. The predicted octanol–water partition coefficient (Wildman–Crippen LogP) is 5.32. The quantitative estimate of drug-likeness (QED) is 0.206. The molecule has 0 saturated carbocycles. The van der Waals surface area contributed by atoms with Crippen LogP contribution in [0.4, 0.5) is 30.7 Å². The molecule has 0 fully saturated rings. The van der Waals surface area contributed by atoms with Crippen LogP contribution in [0.25, 0.3) is 11.1 Å². The molecule has 1 aliphatic rings. The Labute approximate surface area is 200 Å². The van der Waals surface area contributed by atoms with E-state index in [2.05, 4.69) is 16.3 Å². The Bertz CT molecular complexity index is 1220. The fraction of sp³-hybridized carbons (Fsp3) is 0.292. The molecule has 0 saturated heterocycles. The van der Waals surface area contributed by atoms with Gasteiger partial charge in [0.05, 0.1) is 0 Å². The SMILES string of the molecule is C=CC(=O)OCC(=O)OCC1c2ccccc2-c2cc(C(=NC)C(F)(F)C(F)(F)C(F)(F)F)ccc21. The van der Waals surface area contributed by atoms with Crippen molar-refractivity contribution in [3.8, 4) is 11.1 Å². The van der Waals surface area contributed by atoms with Gasteiger partial charge in [-0.25, -0.2) is 9.59 Å². The second kappa shape index (κ2) is 9.75. The molecule has 0 aliphatic heterocycles. The van der Waals surface area contributed by atoms with Crippen LogP contribution in [-0.2, 0) is 19.1 Å². The van der Waals surface area contributed by atoms with Gasteiger partial charge in [-0.2, -0.15) is 30.7 Å². The smallest absolute Gasteiger partial charge is 0.460 e. The van der Waals surface area contributed by atoms with Crippen LogP contribution in [0, 0.1) is 0 Å². The highest BCUT2D eigenvalue weighted by atomic mass is 19.4. The van der Waals surface area contributed by atoms with E-state index in [1.165, 1.54) is 6.07 Å². The zero-order valence-corrected chi connectivity index (χ0v) is 18.5. The summed E-state index contributed by atoms with van der Waals surface area (Å²) < 4.78 is 104. The second-order valence-electron chi connectivity index (χ2n) is 7.66. The summed E-state index contributed by atoms with van der Waals surface area (Å²) in [5.41, 5.74) is -0.553. The van der Waals surface area contributed by atoms with E-state index in [1.54, 1.807) is 24.3 Å². The van der Waals surface area contributed by atoms with Gasteiger partial charge in [-0.15, -0.1) is 0 Å². The minimum atomic E-state index is -6.51. The van der Waals surface area contributed by atoms with E-state index in [9.17, 15) is 40.3 Å². The van der Waals surface area contributed by atoms with Crippen molar-refractivity contribution in [2.75, 3.05) is 20.3 Å². The maximum Gasteiger partial charge on any atom is 0.460 e. The van der Waals surface area contributed by atoms with Crippen molar-refractivity contribution in [2.45, 2.75) is 23.9 Å². The lowest BCUT2D eigenvalue weighted by Crippen LogP contribution is -2.56. The fourth-order valence-corrected chi connectivity index (χ4v) is 3.82. The Hall–Kier alpha value is -3.70.